The molecule has 0 radical (unpaired) electrons. The van der Waals surface area contributed by atoms with Gasteiger partial charge in [0.1, 0.15) is 0 Å². The van der Waals surface area contributed by atoms with E-state index in [0.29, 0.717) is 12.0 Å². The van der Waals surface area contributed by atoms with Crippen LogP contribution in [0.25, 0.3) is 0 Å². The Morgan fingerprint density at radius 3 is 2.92 bits per heavy atom. The monoisotopic (exact) mass is 173 g/mol. The molecule has 0 aliphatic heterocycles. The Morgan fingerprint density at radius 2 is 2.33 bits per heavy atom. The maximum atomic E-state index is 8.88. The lowest BCUT2D eigenvalue weighted by atomic mass is 9.83. The number of rotatable bonds is 3. The topological polar surface area (TPSA) is 55.5 Å². The summed E-state index contributed by atoms with van der Waals surface area (Å²) in [6, 6.07) is -0.0528. The Hall–Kier alpha value is -0.120. The molecule has 3 N–H and O–H groups in total. The summed E-state index contributed by atoms with van der Waals surface area (Å²) in [6.07, 6.45) is 4.84. The Morgan fingerprint density at radius 1 is 1.58 bits per heavy atom. The van der Waals surface area contributed by atoms with Gasteiger partial charge in [0.15, 0.2) is 0 Å². The largest absolute Gasteiger partial charge is 0.395 e. The van der Waals surface area contributed by atoms with E-state index in [2.05, 4.69) is 0 Å². The molecule has 1 saturated carbocycles. The van der Waals surface area contributed by atoms with Gasteiger partial charge >= 0.3 is 0 Å². The Labute approximate surface area is 73.9 Å². The smallest absolute Gasteiger partial charge is 0.0585 e. The normalized spacial score (nSPS) is 33.2. The van der Waals surface area contributed by atoms with Gasteiger partial charge in [-0.1, -0.05) is 6.42 Å². The molecule has 3 atom stereocenters. The predicted molar refractivity (Wildman–Crippen MR) is 47.8 cm³/mol. The van der Waals surface area contributed by atoms with E-state index in [4.69, 9.17) is 15.6 Å². The SMILES string of the molecule is CO[C@@H]1CCC[C@H]([C@H](N)CO)C1. The molecular formula is C9H19NO2. The molecule has 0 saturated heterocycles. The molecule has 1 aliphatic rings. The number of hydrogen-bond acceptors (Lipinski definition) is 3. The molecule has 0 aromatic carbocycles. The summed E-state index contributed by atoms with van der Waals surface area (Å²) >= 11 is 0. The van der Waals surface area contributed by atoms with Crippen LogP contribution in [-0.4, -0.2) is 31.0 Å². The third kappa shape index (κ3) is 2.44. The van der Waals surface area contributed by atoms with Crippen LogP contribution in [0.2, 0.25) is 0 Å². The highest BCUT2D eigenvalue weighted by molar-refractivity contribution is 4.80. The zero-order chi connectivity index (χ0) is 8.97. The van der Waals surface area contributed by atoms with Crippen molar-refractivity contribution in [2.24, 2.45) is 11.7 Å². The van der Waals surface area contributed by atoms with Crippen molar-refractivity contribution in [1.82, 2.24) is 0 Å². The summed E-state index contributed by atoms with van der Waals surface area (Å²) in [5, 5.41) is 8.88. The highest BCUT2D eigenvalue weighted by atomic mass is 16.5. The van der Waals surface area contributed by atoms with Crippen molar-refractivity contribution in [1.29, 1.82) is 0 Å². The summed E-state index contributed by atoms with van der Waals surface area (Å²) in [5.74, 6) is 0.452. The molecular weight excluding hydrogens is 154 g/mol. The van der Waals surface area contributed by atoms with E-state index in [0.717, 1.165) is 19.3 Å². The molecule has 1 aliphatic carbocycles. The van der Waals surface area contributed by atoms with Crippen molar-refractivity contribution in [3.63, 3.8) is 0 Å². The van der Waals surface area contributed by atoms with E-state index >= 15 is 0 Å². The number of aliphatic hydroxyl groups excluding tert-OH is 1. The summed E-state index contributed by atoms with van der Waals surface area (Å²) in [4.78, 5) is 0. The van der Waals surface area contributed by atoms with E-state index in [-0.39, 0.29) is 12.6 Å². The second-order valence-corrected chi connectivity index (χ2v) is 3.63. The van der Waals surface area contributed by atoms with E-state index in [9.17, 15) is 0 Å². The fourth-order valence-corrected chi connectivity index (χ4v) is 1.93. The average molecular weight is 173 g/mol. The van der Waals surface area contributed by atoms with Crippen molar-refractivity contribution in [2.75, 3.05) is 13.7 Å². The first-order chi connectivity index (χ1) is 5.77. The molecule has 3 heteroatoms. The predicted octanol–water partition coefficient (Wildman–Crippen LogP) is 0.511. The van der Waals surface area contributed by atoms with Crippen molar-refractivity contribution < 1.29 is 9.84 Å². The molecule has 0 spiro atoms. The van der Waals surface area contributed by atoms with Crippen molar-refractivity contribution >= 4 is 0 Å². The van der Waals surface area contributed by atoms with Gasteiger partial charge < -0.3 is 15.6 Å². The minimum atomic E-state index is -0.0528. The number of methoxy groups -OCH3 is 1. The van der Waals surface area contributed by atoms with Gasteiger partial charge in [-0.25, -0.2) is 0 Å². The van der Waals surface area contributed by atoms with Gasteiger partial charge in [-0.15, -0.1) is 0 Å². The van der Waals surface area contributed by atoms with Crippen molar-refractivity contribution in [3.05, 3.63) is 0 Å². The lowest BCUT2D eigenvalue weighted by Crippen LogP contribution is -2.38. The molecule has 0 bridgehead atoms. The van der Waals surface area contributed by atoms with Crippen LogP contribution in [0.1, 0.15) is 25.7 Å². The summed E-state index contributed by atoms with van der Waals surface area (Å²) in [7, 11) is 1.75. The van der Waals surface area contributed by atoms with Gasteiger partial charge in [-0.3, -0.25) is 0 Å². The third-order valence-electron chi connectivity index (χ3n) is 2.82. The van der Waals surface area contributed by atoms with Crippen LogP contribution in [0.5, 0.6) is 0 Å². The first-order valence-electron chi connectivity index (χ1n) is 4.67. The molecule has 0 amide bonds. The number of hydrogen-bond donors (Lipinski definition) is 2. The lowest BCUT2D eigenvalue weighted by Gasteiger charge is -2.31. The Kier molecular flexibility index (Phi) is 3.98. The average Bonchev–Trinajstić information content (AvgIpc) is 2.17. The van der Waals surface area contributed by atoms with Crippen LogP contribution in [0, 0.1) is 5.92 Å². The van der Waals surface area contributed by atoms with E-state index in [1.807, 2.05) is 0 Å². The van der Waals surface area contributed by atoms with Crippen LogP contribution < -0.4 is 5.73 Å². The number of ether oxygens (including phenoxy) is 1. The quantitative estimate of drug-likeness (QED) is 0.654. The van der Waals surface area contributed by atoms with Gasteiger partial charge in [0.2, 0.25) is 0 Å². The standard InChI is InChI=1S/C9H19NO2/c1-12-8-4-2-3-7(5-8)9(10)6-11/h7-9,11H,2-6,10H2,1H3/t7-,8+,9+/m0/s1. The van der Waals surface area contributed by atoms with Crippen molar-refractivity contribution in [3.8, 4) is 0 Å². The van der Waals surface area contributed by atoms with Crippen LogP contribution >= 0.6 is 0 Å². The van der Waals surface area contributed by atoms with E-state index in [1.165, 1.54) is 6.42 Å². The highest BCUT2D eigenvalue weighted by Crippen LogP contribution is 2.27. The van der Waals surface area contributed by atoms with E-state index < -0.39 is 0 Å². The maximum Gasteiger partial charge on any atom is 0.0585 e. The van der Waals surface area contributed by atoms with Gasteiger partial charge in [0.05, 0.1) is 12.7 Å². The van der Waals surface area contributed by atoms with E-state index in [1.54, 1.807) is 7.11 Å². The fraction of sp³-hybridized carbons (Fsp3) is 1.00. The lowest BCUT2D eigenvalue weighted by molar-refractivity contribution is 0.0399. The van der Waals surface area contributed by atoms with Gasteiger partial charge in [0.25, 0.3) is 0 Å². The number of aliphatic hydroxyl groups is 1. The molecule has 1 rings (SSSR count). The summed E-state index contributed by atoms with van der Waals surface area (Å²) < 4.78 is 5.28. The Bertz CT molecular complexity index is 128. The minimum Gasteiger partial charge on any atom is -0.395 e. The molecule has 1 fully saturated rings. The molecule has 72 valence electrons. The molecule has 12 heavy (non-hydrogen) atoms. The molecule has 0 heterocycles. The zero-order valence-corrected chi connectivity index (χ0v) is 7.70. The van der Waals surface area contributed by atoms with Crippen molar-refractivity contribution in [2.45, 2.75) is 37.8 Å². The van der Waals surface area contributed by atoms with Crippen LogP contribution in [0.4, 0.5) is 0 Å². The molecule has 0 aromatic rings. The second-order valence-electron chi connectivity index (χ2n) is 3.63. The first-order valence-corrected chi connectivity index (χ1v) is 4.67. The van der Waals surface area contributed by atoms with Crippen LogP contribution in [0.15, 0.2) is 0 Å². The first kappa shape index (κ1) is 9.96. The van der Waals surface area contributed by atoms with Gasteiger partial charge in [0, 0.05) is 13.2 Å². The van der Waals surface area contributed by atoms with Gasteiger partial charge in [-0.05, 0) is 25.2 Å². The maximum absolute atomic E-state index is 8.88. The number of nitrogens with two attached hydrogens (primary N) is 1. The molecule has 3 nitrogen and oxygen atoms in total. The van der Waals surface area contributed by atoms with Crippen LogP contribution in [-0.2, 0) is 4.74 Å². The van der Waals surface area contributed by atoms with Gasteiger partial charge in [-0.2, -0.15) is 0 Å². The zero-order valence-electron chi connectivity index (χ0n) is 7.70. The minimum absolute atomic E-state index is 0.0528. The van der Waals surface area contributed by atoms with Crippen LogP contribution in [0.3, 0.4) is 0 Å². The summed E-state index contributed by atoms with van der Waals surface area (Å²) in [6.45, 7) is 0.0983. The molecule has 0 unspecified atom stereocenters. The Balaban J connectivity index is 2.34. The highest BCUT2D eigenvalue weighted by Gasteiger charge is 2.25. The molecule has 0 aromatic heterocycles. The summed E-state index contributed by atoms with van der Waals surface area (Å²) in [5.41, 5.74) is 5.76. The fourth-order valence-electron chi connectivity index (χ4n) is 1.93. The second kappa shape index (κ2) is 4.80. The third-order valence-corrected chi connectivity index (χ3v) is 2.82.